The van der Waals surface area contributed by atoms with Gasteiger partial charge in [0, 0.05) is 19.2 Å². The van der Waals surface area contributed by atoms with Gasteiger partial charge in [0.15, 0.2) is 0 Å². The zero-order chi connectivity index (χ0) is 18.2. The van der Waals surface area contributed by atoms with E-state index in [-0.39, 0.29) is 6.54 Å². The standard InChI is InChI=1S/C18H25NO5/c1-18(2,3)24-17(21)19(12-6-7-16(20)23-5)13-14-8-10-15(22-4)11-9-14/h6-11H,12-13H2,1-5H3/b7-6+. The van der Waals surface area contributed by atoms with Gasteiger partial charge in [-0.25, -0.2) is 9.59 Å². The van der Waals surface area contributed by atoms with Crippen molar-refractivity contribution in [3.8, 4) is 5.75 Å². The maximum absolute atomic E-state index is 12.4. The Morgan fingerprint density at radius 1 is 1.12 bits per heavy atom. The van der Waals surface area contributed by atoms with E-state index < -0.39 is 17.7 Å². The van der Waals surface area contributed by atoms with E-state index in [4.69, 9.17) is 9.47 Å². The molecule has 0 spiro atoms. The highest BCUT2D eigenvalue weighted by Crippen LogP contribution is 2.15. The Balaban J connectivity index is 2.84. The predicted molar refractivity (Wildman–Crippen MR) is 90.8 cm³/mol. The van der Waals surface area contributed by atoms with Crippen molar-refractivity contribution in [1.82, 2.24) is 4.90 Å². The van der Waals surface area contributed by atoms with Gasteiger partial charge in [-0.2, -0.15) is 0 Å². The Bertz CT molecular complexity index is 572. The van der Waals surface area contributed by atoms with Crippen LogP contribution in [0.4, 0.5) is 4.79 Å². The quantitative estimate of drug-likeness (QED) is 0.590. The molecule has 1 rings (SSSR count). The summed E-state index contributed by atoms with van der Waals surface area (Å²) < 4.78 is 15.1. The van der Waals surface area contributed by atoms with E-state index in [1.54, 1.807) is 34.0 Å². The molecule has 6 nitrogen and oxygen atoms in total. The first kappa shape index (κ1) is 19.5. The Labute approximate surface area is 143 Å². The number of amides is 1. The van der Waals surface area contributed by atoms with Crippen LogP contribution in [0, 0.1) is 0 Å². The van der Waals surface area contributed by atoms with Crippen LogP contribution in [-0.4, -0.2) is 43.3 Å². The van der Waals surface area contributed by atoms with Crippen LogP contribution < -0.4 is 4.74 Å². The number of carbonyl (C=O) groups excluding carboxylic acids is 2. The molecular weight excluding hydrogens is 310 g/mol. The highest BCUT2D eigenvalue weighted by molar-refractivity contribution is 5.81. The zero-order valence-corrected chi connectivity index (χ0v) is 14.9. The summed E-state index contributed by atoms with van der Waals surface area (Å²) in [5, 5.41) is 0. The van der Waals surface area contributed by atoms with Crippen LogP contribution >= 0.6 is 0 Å². The van der Waals surface area contributed by atoms with Gasteiger partial charge in [-0.15, -0.1) is 0 Å². The van der Waals surface area contributed by atoms with Crippen molar-refractivity contribution >= 4 is 12.1 Å². The summed E-state index contributed by atoms with van der Waals surface area (Å²) in [5.41, 5.74) is 0.328. The number of hydrogen-bond acceptors (Lipinski definition) is 5. The third-order valence-electron chi connectivity index (χ3n) is 2.97. The first-order valence-corrected chi connectivity index (χ1v) is 7.60. The molecule has 0 heterocycles. The molecule has 0 unspecified atom stereocenters. The van der Waals surface area contributed by atoms with Gasteiger partial charge in [0.25, 0.3) is 0 Å². The van der Waals surface area contributed by atoms with Crippen molar-refractivity contribution in [3.63, 3.8) is 0 Å². The normalized spacial score (nSPS) is 11.2. The van der Waals surface area contributed by atoms with Crippen LogP contribution in [0.5, 0.6) is 5.75 Å². The summed E-state index contributed by atoms with van der Waals surface area (Å²) >= 11 is 0. The minimum Gasteiger partial charge on any atom is -0.497 e. The van der Waals surface area contributed by atoms with Crippen molar-refractivity contribution < 1.29 is 23.8 Å². The molecule has 0 aliphatic rings. The van der Waals surface area contributed by atoms with Crippen LogP contribution in [0.3, 0.4) is 0 Å². The van der Waals surface area contributed by atoms with Gasteiger partial charge in [0.05, 0.1) is 14.2 Å². The van der Waals surface area contributed by atoms with E-state index in [0.717, 1.165) is 11.3 Å². The molecule has 1 amide bonds. The lowest BCUT2D eigenvalue weighted by Crippen LogP contribution is -2.36. The second kappa shape index (κ2) is 8.96. The molecule has 0 aliphatic heterocycles. The minimum atomic E-state index is -0.596. The Kier molecular flexibility index (Phi) is 7.30. The molecule has 0 N–H and O–H groups in total. The number of hydrogen-bond donors (Lipinski definition) is 0. The second-order valence-electron chi connectivity index (χ2n) is 6.13. The fourth-order valence-corrected chi connectivity index (χ4v) is 1.83. The second-order valence-corrected chi connectivity index (χ2v) is 6.13. The number of nitrogens with zero attached hydrogens (tertiary/aromatic N) is 1. The molecule has 0 aliphatic carbocycles. The van der Waals surface area contributed by atoms with Crippen LogP contribution in [0.2, 0.25) is 0 Å². The van der Waals surface area contributed by atoms with E-state index in [0.29, 0.717) is 6.54 Å². The Morgan fingerprint density at radius 2 is 1.75 bits per heavy atom. The van der Waals surface area contributed by atoms with E-state index >= 15 is 0 Å². The summed E-state index contributed by atoms with van der Waals surface area (Å²) in [6.07, 6.45) is 2.40. The SMILES string of the molecule is COC(=O)/C=C/CN(Cc1ccc(OC)cc1)C(=O)OC(C)(C)C. The van der Waals surface area contributed by atoms with E-state index in [9.17, 15) is 9.59 Å². The molecule has 132 valence electrons. The molecule has 6 heteroatoms. The van der Waals surface area contributed by atoms with E-state index in [1.807, 2.05) is 24.3 Å². The maximum Gasteiger partial charge on any atom is 0.410 e. The summed E-state index contributed by atoms with van der Waals surface area (Å²) in [6, 6.07) is 7.40. The molecule has 0 bridgehead atoms. The van der Waals surface area contributed by atoms with Gasteiger partial charge in [0.1, 0.15) is 11.4 Å². The van der Waals surface area contributed by atoms with Gasteiger partial charge in [-0.05, 0) is 38.5 Å². The molecule has 0 saturated heterocycles. The summed E-state index contributed by atoms with van der Waals surface area (Å²) in [4.78, 5) is 25.0. The Morgan fingerprint density at radius 3 is 2.25 bits per heavy atom. The number of carbonyl (C=O) groups is 2. The van der Waals surface area contributed by atoms with Gasteiger partial charge in [0.2, 0.25) is 0 Å². The van der Waals surface area contributed by atoms with Crippen LogP contribution in [-0.2, 0) is 20.8 Å². The van der Waals surface area contributed by atoms with Crippen molar-refractivity contribution in [2.24, 2.45) is 0 Å². The van der Waals surface area contributed by atoms with E-state index in [1.165, 1.54) is 18.1 Å². The molecule has 0 saturated carbocycles. The largest absolute Gasteiger partial charge is 0.497 e. The monoisotopic (exact) mass is 335 g/mol. The molecular formula is C18H25NO5. The van der Waals surface area contributed by atoms with Gasteiger partial charge in [-0.1, -0.05) is 18.2 Å². The van der Waals surface area contributed by atoms with Gasteiger partial charge in [-0.3, -0.25) is 0 Å². The lowest BCUT2D eigenvalue weighted by Gasteiger charge is -2.26. The molecule has 1 aromatic carbocycles. The van der Waals surface area contributed by atoms with Crippen molar-refractivity contribution in [1.29, 1.82) is 0 Å². The highest BCUT2D eigenvalue weighted by Gasteiger charge is 2.21. The average Bonchev–Trinajstić information content (AvgIpc) is 2.52. The lowest BCUT2D eigenvalue weighted by atomic mass is 10.2. The average molecular weight is 335 g/mol. The maximum atomic E-state index is 12.4. The number of ether oxygens (including phenoxy) is 3. The topological polar surface area (TPSA) is 65.1 Å². The molecule has 1 aromatic rings. The zero-order valence-electron chi connectivity index (χ0n) is 14.9. The van der Waals surface area contributed by atoms with Gasteiger partial charge < -0.3 is 19.1 Å². The number of rotatable bonds is 6. The summed E-state index contributed by atoms with van der Waals surface area (Å²) in [6.45, 7) is 6.00. The highest BCUT2D eigenvalue weighted by atomic mass is 16.6. The first-order chi connectivity index (χ1) is 11.2. The number of esters is 1. The number of benzene rings is 1. The Hall–Kier alpha value is -2.50. The lowest BCUT2D eigenvalue weighted by molar-refractivity contribution is -0.134. The summed E-state index contributed by atoms with van der Waals surface area (Å²) in [5.74, 6) is 0.275. The molecule has 0 atom stereocenters. The molecule has 24 heavy (non-hydrogen) atoms. The van der Waals surface area contributed by atoms with Crippen LogP contribution in [0.15, 0.2) is 36.4 Å². The predicted octanol–water partition coefficient (Wildman–Crippen LogP) is 3.16. The van der Waals surface area contributed by atoms with Crippen molar-refractivity contribution in [2.75, 3.05) is 20.8 Å². The fourth-order valence-electron chi connectivity index (χ4n) is 1.83. The minimum absolute atomic E-state index is 0.232. The molecule has 0 aromatic heterocycles. The van der Waals surface area contributed by atoms with Gasteiger partial charge >= 0.3 is 12.1 Å². The summed E-state index contributed by atoms with van der Waals surface area (Å²) in [7, 11) is 2.90. The first-order valence-electron chi connectivity index (χ1n) is 7.60. The third kappa shape index (κ3) is 7.17. The number of methoxy groups -OCH3 is 2. The molecule has 0 fully saturated rings. The van der Waals surface area contributed by atoms with E-state index in [2.05, 4.69) is 4.74 Å². The van der Waals surface area contributed by atoms with Crippen molar-refractivity contribution in [2.45, 2.75) is 32.9 Å². The smallest absolute Gasteiger partial charge is 0.410 e. The molecule has 0 radical (unpaired) electrons. The van der Waals surface area contributed by atoms with Crippen LogP contribution in [0.1, 0.15) is 26.3 Å². The third-order valence-corrected chi connectivity index (χ3v) is 2.97. The van der Waals surface area contributed by atoms with Crippen LogP contribution in [0.25, 0.3) is 0 Å². The fraction of sp³-hybridized carbons (Fsp3) is 0.444. The van der Waals surface area contributed by atoms with Crippen molar-refractivity contribution in [3.05, 3.63) is 42.0 Å².